The predicted octanol–water partition coefficient (Wildman–Crippen LogP) is 3.00. The third-order valence-electron chi connectivity index (χ3n) is 2.57. The van der Waals surface area contributed by atoms with Crippen LogP contribution >= 0.6 is 11.6 Å². The normalized spacial score (nSPS) is 10.8. The molecule has 0 radical (unpaired) electrons. The molecule has 4 nitrogen and oxygen atoms in total. The minimum atomic E-state index is -0.382. The van der Waals surface area contributed by atoms with E-state index < -0.39 is 0 Å². The topological polar surface area (TPSA) is 53.5 Å². The van der Waals surface area contributed by atoms with Crippen molar-refractivity contribution in [2.45, 2.75) is 6.54 Å². The lowest BCUT2D eigenvalue weighted by Crippen LogP contribution is -2.37. The SMILES string of the molecule is O=C(C=Nc1ccc(Cl)cc1)NNCc1ccc(F)cc1. The van der Waals surface area contributed by atoms with Gasteiger partial charge >= 0.3 is 0 Å². The number of rotatable bonds is 5. The van der Waals surface area contributed by atoms with Crippen molar-refractivity contribution in [1.29, 1.82) is 0 Å². The summed E-state index contributed by atoms with van der Waals surface area (Å²) >= 11 is 5.75. The van der Waals surface area contributed by atoms with Crippen LogP contribution in [0, 0.1) is 5.82 Å². The van der Waals surface area contributed by atoms with Crippen LogP contribution in [-0.4, -0.2) is 12.1 Å². The van der Waals surface area contributed by atoms with Crippen LogP contribution in [0.25, 0.3) is 0 Å². The van der Waals surface area contributed by atoms with Gasteiger partial charge in [0, 0.05) is 11.6 Å². The Hall–Kier alpha value is -2.24. The largest absolute Gasteiger partial charge is 0.286 e. The number of amides is 1. The van der Waals surface area contributed by atoms with Crippen molar-refractivity contribution < 1.29 is 9.18 Å². The number of nitrogens with one attached hydrogen (secondary N) is 2. The van der Waals surface area contributed by atoms with E-state index in [9.17, 15) is 9.18 Å². The third kappa shape index (κ3) is 5.33. The average Bonchev–Trinajstić information content (AvgIpc) is 2.49. The summed E-state index contributed by atoms with van der Waals surface area (Å²) in [4.78, 5) is 15.5. The lowest BCUT2D eigenvalue weighted by atomic mass is 10.2. The molecule has 2 aromatic rings. The fourth-order valence-electron chi connectivity index (χ4n) is 1.53. The summed E-state index contributed by atoms with van der Waals surface area (Å²) in [7, 11) is 0. The van der Waals surface area contributed by atoms with Gasteiger partial charge in [-0.3, -0.25) is 15.2 Å². The number of aliphatic imine (C=N–C) groups is 1. The Morgan fingerprint density at radius 3 is 2.48 bits per heavy atom. The first-order chi connectivity index (χ1) is 10.1. The van der Waals surface area contributed by atoms with E-state index in [0.29, 0.717) is 17.3 Å². The quantitative estimate of drug-likeness (QED) is 0.659. The van der Waals surface area contributed by atoms with Crippen molar-refractivity contribution in [3.63, 3.8) is 0 Å². The van der Waals surface area contributed by atoms with Gasteiger partial charge in [0.15, 0.2) is 0 Å². The van der Waals surface area contributed by atoms with Gasteiger partial charge in [-0.2, -0.15) is 0 Å². The van der Waals surface area contributed by atoms with Gasteiger partial charge in [-0.05, 0) is 42.0 Å². The maximum absolute atomic E-state index is 12.7. The number of hydrazine groups is 1. The lowest BCUT2D eigenvalue weighted by molar-refractivity contribution is -0.115. The molecule has 0 heterocycles. The first-order valence-electron chi connectivity index (χ1n) is 6.20. The minimum absolute atomic E-state index is 0.294. The van der Waals surface area contributed by atoms with Crippen LogP contribution in [0.3, 0.4) is 0 Å². The fraction of sp³-hybridized carbons (Fsp3) is 0.0667. The number of halogens is 2. The number of benzene rings is 2. The molecule has 2 N–H and O–H groups in total. The molecule has 0 atom stereocenters. The summed E-state index contributed by atoms with van der Waals surface area (Å²) in [6, 6.07) is 12.8. The van der Waals surface area contributed by atoms with Crippen molar-refractivity contribution in [3.05, 3.63) is 64.9 Å². The fourth-order valence-corrected chi connectivity index (χ4v) is 1.65. The van der Waals surface area contributed by atoms with E-state index in [1.165, 1.54) is 18.3 Å². The van der Waals surface area contributed by atoms with Gasteiger partial charge in [-0.15, -0.1) is 0 Å². The van der Waals surface area contributed by atoms with Crippen LogP contribution in [0.2, 0.25) is 5.02 Å². The molecule has 0 unspecified atom stereocenters. The molecule has 6 heteroatoms. The second kappa shape index (κ2) is 7.52. The highest BCUT2D eigenvalue weighted by atomic mass is 35.5. The molecule has 2 rings (SSSR count). The van der Waals surface area contributed by atoms with Crippen LogP contribution in [0.5, 0.6) is 0 Å². The molecular formula is C15H13ClFN3O. The number of hydrogen-bond acceptors (Lipinski definition) is 3. The Bertz CT molecular complexity index is 626. The molecule has 0 aliphatic rings. The van der Waals surface area contributed by atoms with E-state index in [-0.39, 0.29) is 11.7 Å². The Kier molecular flexibility index (Phi) is 5.43. The first-order valence-corrected chi connectivity index (χ1v) is 6.58. The molecule has 0 aliphatic heterocycles. The number of hydrogen-bond donors (Lipinski definition) is 2. The molecule has 0 saturated carbocycles. The monoisotopic (exact) mass is 305 g/mol. The molecular weight excluding hydrogens is 293 g/mol. The summed E-state index contributed by atoms with van der Waals surface area (Å²) in [5.41, 5.74) is 6.69. The standard InChI is InChI=1S/C15H13ClFN3O/c16-12-3-7-14(8-4-12)18-10-15(21)20-19-9-11-1-5-13(17)6-2-11/h1-8,10,19H,9H2,(H,20,21). The van der Waals surface area contributed by atoms with Crippen LogP contribution in [-0.2, 0) is 11.3 Å². The average molecular weight is 306 g/mol. The van der Waals surface area contributed by atoms with Crippen LogP contribution in [0.4, 0.5) is 10.1 Å². The van der Waals surface area contributed by atoms with E-state index in [1.54, 1.807) is 36.4 Å². The van der Waals surface area contributed by atoms with Gasteiger partial charge in [-0.25, -0.2) is 9.82 Å². The van der Waals surface area contributed by atoms with E-state index in [4.69, 9.17) is 11.6 Å². The second-order valence-electron chi connectivity index (χ2n) is 4.20. The Labute approximate surface area is 126 Å². The zero-order valence-corrected chi connectivity index (χ0v) is 11.8. The van der Waals surface area contributed by atoms with Gasteiger partial charge < -0.3 is 0 Å². The van der Waals surface area contributed by atoms with Crippen molar-refractivity contribution in [2.24, 2.45) is 4.99 Å². The molecule has 0 spiro atoms. The van der Waals surface area contributed by atoms with Crippen LogP contribution in [0.1, 0.15) is 5.56 Å². The highest BCUT2D eigenvalue weighted by molar-refractivity contribution is 6.30. The number of nitrogens with zero attached hydrogens (tertiary/aromatic N) is 1. The summed E-state index contributed by atoms with van der Waals surface area (Å²) in [5, 5.41) is 0.611. The molecule has 0 fully saturated rings. The zero-order valence-electron chi connectivity index (χ0n) is 11.0. The smallest absolute Gasteiger partial charge is 0.276 e. The number of carbonyl (C=O) groups excluding carboxylic acids is 1. The molecule has 0 saturated heterocycles. The summed E-state index contributed by atoms with van der Waals surface area (Å²) in [5.74, 6) is -0.676. The first kappa shape index (κ1) is 15.2. The highest BCUT2D eigenvalue weighted by Gasteiger charge is 1.97. The Morgan fingerprint density at radius 2 is 1.81 bits per heavy atom. The molecule has 0 aromatic heterocycles. The van der Waals surface area contributed by atoms with Crippen molar-refractivity contribution >= 4 is 29.4 Å². The molecule has 1 amide bonds. The molecule has 2 aromatic carbocycles. The van der Waals surface area contributed by atoms with E-state index in [0.717, 1.165) is 5.56 Å². The maximum atomic E-state index is 12.7. The van der Waals surface area contributed by atoms with Gasteiger partial charge in [0.05, 0.1) is 11.9 Å². The van der Waals surface area contributed by atoms with Crippen molar-refractivity contribution in [3.8, 4) is 0 Å². The van der Waals surface area contributed by atoms with Gasteiger partial charge in [0.2, 0.25) is 0 Å². The van der Waals surface area contributed by atoms with Crippen LogP contribution in [0.15, 0.2) is 53.5 Å². The third-order valence-corrected chi connectivity index (χ3v) is 2.83. The van der Waals surface area contributed by atoms with Gasteiger partial charge in [0.1, 0.15) is 5.82 Å². The van der Waals surface area contributed by atoms with Crippen LogP contribution < -0.4 is 10.9 Å². The Morgan fingerprint density at radius 1 is 1.14 bits per heavy atom. The van der Waals surface area contributed by atoms with E-state index in [2.05, 4.69) is 15.8 Å². The molecule has 0 aliphatic carbocycles. The Balaban J connectivity index is 1.77. The lowest BCUT2D eigenvalue weighted by Gasteiger charge is -2.04. The highest BCUT2D eigenvalue weighted by Crippen LogP contribution is 2.15. The number of carbonyl (C=O) groups is 1. The second-order valence-corrected chi connectivity index (χ2v) is 4.64. The molecule has 0 bridgehead atoms. The molecule has 108 valence electrons. The summed E-state index contributed by atoms with van der Waals surface area (Å²) in [6.45, 7) is 0.390. The zero-order chi connectivity index (χ0) is 15.1. The van der Waals surface area contributed by atoms with Crippen molar-refractivity contribution in [1.82, 2.24) is 10.9 Å². The summed E-state index contributed by atoms with van der Waals surface area (Å²) < 4.78 is 12.7. The van der Waals surface area contributed by atoms with Gasteiger partial charge in [0.25, 0.3) is 5.91 Å². The minimum Gasteiger partial charge on any atom is -0.286 e. The molecule has 21 heavy (non-hydrogen) atoms. The van der Waals surface area contributed by atoms with Crippen molar-refractivity contribution in [2.75, 3.05) is 0 Å². The van der Waals surface area contributed by atoms with E-state index >= 15 is 0 Å². The van der Waals surface area contributed by atoms with Gasteiger partial charge in [-0.1, -0.05) is 23.7 Å². The van der Waals surface area contributed by atoms with E-state index in [1.807, 2.05) is 0 Å². The maximum Gasteiger partial charge on any atom is 0.276 e. The predicted molar refractivity (Wildman–Crippen MR) is 81.0 cm³/mol. The summed E-state index contributed by atoms with van der Waals surface area (Å²) in [6.07, 6.45) is 1.17.